The van der Waals surface area contributed by atoms with E-state index in [1.807, 2.05) is 28.9 Å². The topological polar surface area (TPSA) is 62.1 Å². The molecule has 2 aromatic carbocycles. The summed E-state index contributed by atoms with van der Waals surface area (Å²) in [5.74, 6) is 2.56. The van der Waals surface area contributed by atoms with Crippen molar-refractivity contribution in [2.75, 3.05) is 14.2 Å². The summed E-state index contributed by atoms with van der Waals surface area (Å²) in [5, 5.41) is 12.4. The number of ether oxygens (including phenoxy) is 2. The van der Waals surface area contributed by atoms with Gasteiger partial charge in [0.2, 0.25) is 0 Å². The second kappa shape index (κ2) is 8.66. The molecule has 0 aliphatic rings. The highest BCUT2D eigenvalue weighted by Gasteiger charge is 2.16. The second-order valence-corrected chi connectivity index (χ2v) is 6.46. The van der Waals surface area contributed by atoms with E-state index in [-0.39, 0.29) is 6.04 Å². The Hall–Kier alpha value is -2.89. The van der Waals surface area contributed by atoms with Crippen LogP contribution in [0, 0.1) is 0 Å². The van der Waals surface area contributed by atoms with Gasteiger partial charge in [-0.25, -0.2) is 4.68 Å². The number of benzene rings is 2. The van der Waals surface area contributed by atoms with Crippen LogP contribution in [0.3, 0.4) is 0 Å². The van der Waals surface area contributed by atoms with Crippen molar-refractivity contribution in [2.45, 2.75) is 39.2 Å². The van der Waals surface area contributed by atoms with Gasteiger partial charge in [0.05, 0.1) is 20.3 Å². The van der Waals surface area contributed by atoms with Crippen molar-refractivity contribution >= 4 is 0 Å². The van der Waals surface area contributed by atoms with E-state index in [0.29, 0.717) is 0 Å². The summed E-state index contributed by atoms with van der Waals surface area (Å²) in [7, 11) is 3.37. The zero-order chi connectivity index (χ0) is 19.2. The lowest BCUT2D eigenvalue weighted by molar-refractivity contribution is 0.388. The van der Waals surface area contributed by atoms with Gasteiger partial charge in [0.25, 0.3) is 0 Å². The quantitative estimate of drug-likeness (QED) is 0.609. The molecule has 27 heavy (non-hydrogen) atoms. The van der Waals surface area contributed by atoms with Crippen molar-refractivity contribution < 1.29 is 9.47 Å². The van der Waals surface area contributed by atoms with Gasteiger partial charge in [-0.2, -0.15) is 0 Å². The number of rotatable bonds is 8. The van der Waals surface area contributed by atoms with Gasteiger partial charge in [-0.1, -0.05) is 37.3 Å². The lowest BCUT2D eigenvalue weighted by atomic mass is 10.0. The number of hydrogen-bond acceptors (Lipinski definition) is 5. The fourth-order valence-corrected chi connectivity index (χ4v) is 3.31. The molecule has 142 valence electrons. The van der Waals surface area contributed by atoms with Gasteiger partial charge in [0.15, 0.2) is 5.82 Å². The van der Waals surface area contributed by atoms with Gasteiger partial charge in [-0.15, -0.1) is 5.10 Å². The third-order valence-electron chi connectivity index (χ3n) is 4.89. The van der Waals surface area contributed by atoms with Crippen LogP contribution in [0.2, 0.25) is 0 Å². The molecule has 3 rings (SSSR count). The number of aromatic nitrogens is 4. The molecule has 1 atom stereocenters. The highest BCUT2D eigenvalue weighted by Crippen LogP contribution is 2.30. The summed E-state index contributed by atoms with van der Waals surface area (Å²) in [4.78, 5) is 0. The Morgan fingerprint density at radius 2 is 1.67 bits per heavy atom. The fourth-order valence-electron chi connectivity index (χ4n) is 3.31. The molecule has 3 aromatic rings. The van der Waals surface area contributed by atoms with Crippen molar-refractivity contribution in [2.24, 2.45) is 0 Å². The highest BCUT2D eigenvalue weighted by atomic mass is 16.5. The monoisotopic (exact) mass is 366 g/mol. The molecule has 1 heterocycles. The molecule has 1 aromatic heterocycles. The smallest absolute Gasteiger partial charge is 0.152 e. The summed E-state index contributed by atoms with van der Waals surface area (Å²) in [6.45, 7) is 4.23. The Balaban J connectivity index is 1.81. The van der Waals surface area contributed by atoms with Crippen molar-refractivity contribution in [3.05, 3.63) is 65.0 Å². The second-order valence-electron chi connectivity index (χ2n) is 6.46. The first kappa shape index (κ1) is 18.9. The van der Waals surface area contributed by atoms with Crippen molar-refractivity contribution in [3.63, 3.8) is 0 Å². The maximum absolute atomic E-state index is 5.57. The molecule has 6 nitrogen and oxygen atoms in total. The van der Waals surface area contributed by atoms with E-state index >= 15 is 0 Å². The molecular formula is C21H26N4O2. The maximum Gasteiger partial charge on any atom is 0.152 e. The van der Waals surface area contributed by atoms with Gasteiger partial charge in [0, 0.05) is 12.5 Å². The number of nitrogens with zero attached hydrogens (tertiary/aromatic N) is 4. The lowest BCUT2D eigenvalue weighted by Crippen LogP contribution is -2.13. The van der Waals surface area contributed by atoms with Crippen LogP contribution >= 0.6 is 0 Å². The number of aryl methyl sites for hydroxylation is 3. The van der Waals surface area contributed by atoms with Gasteiger partial charge in [0.1, 0.15) is 11.5 Å². The zero-order valence-corrected chi connectivity index (χ0v) is 16.3. The summed E-state index contributed by atoms with van der Waals surface area (Å²) < 4.78 is 12.9. The molecule has 6 heteroatoms. The first-order valence-electron chi connectivity index (χ1n) is 9.23. The maximum atomic E-state index is 5.57. The molecule has 0 N–H and O–H groups in total. The SMILES string of the molecule is CCc1cc(CCc2nnnn2C(C)c2ccccc2)c(OC)cc1OC. The number of hydrogen-bond donors (Lipinski definition) is 0. The largest absolute Gasteiger partial charge is 0.496 e. The van der Waals surface area contributed by atoms with Crippen LogP contribution < -0.4 is 9.47 Å². The van der Waals surface area contributed by atoms with Crippen LogP contribution in [-0.4, -0.2) is 34.4 Å². The normalized spacial score (nSPS) is 12.0. The molecule has 0 fully saturated rings. The minimum Gasteiger partial charge on any atom is -0.496 e. The Bertz CT molecular complexity index is 877. The minimum absolute atomic E-state index is 0.0835. The van der Waals surface area contributed by atoms with E-state index < -0.39 is 0 Å². The van der Waals surface area contributed by atoms with Crippen molar-refractivity contribution in [1.29, 1.82) is 0 Å². The molecule has 0 spiro atoms. The predicted octanol–water partition coefficient (Wildman–Crippen LogP) is 3.65. The molecule has 1 unspecified atom stereocenters. The molecule has 0 radical (unpaired) electrons. The summed E-state index contributed by atoms with van der Waals surface area (Å²) >= 11 is 0. The Labute approximate surface area is 160 Å². The fraction of sp³-hybridized carbons (Fsp3) is 0.381. The summed E-state index contributed by atoms with van der Waals surface area (Å²) in [6.07, 6.45) is 2.43. The van der Waals surface area contributed by atoms with Gasteiger partial charge < -0.3 is 9.47 Å². The van der Waals surface area contributed by atoms with Crippen molar-refractivity contribution in [3.8, 4) is 11.5 Å². The highest BCUT2D eigenvalue weighted by molar-refractivity contribution is 5.47. The molecule has 0 aliphatic carbocycles. The van der Waals surface area contributed by atoms with Crippen LogP contribution in [0.4, 0.5) is 0 Å². The van der Waals surface area contributed by atoms with Crippen LogP contribution in [-0.2, 0) is 19.3 Å². The van der Waals surface area contributed by atoms with Gasteiger partial charge in [-0.3, -0.25) is 0 Å². The van der Waals surface area contributed by atoms with E-state index in [2.05, 4.69) is 47.6 Å². The Kier molecular flexibility index (Phi) is 6.06. The van der Waals surface area contributed by atoms with E-state index in [1.165, 1.54) is 11.1 Å². The van der Waals surface area contributed by atoms with E-state index in [0.717, 1.165) is 42.1 Å². The molecule has 0 saturated heterocycles. The first-order valence-corrected chi connectivity index (χ1v) is 9.23. The van der Waals surface area contributed by atoms with Crippen LogP contribution in [0.5, 0.6) is 11.5 Å². The number of tetrazole rings is 1. The Morgan fingerprint density at radius 3 is 2.33 bits per heavy atom. The molecule has 0 bridgehead atoms. The zero-order valence-electron chi connectivity index (χ0n) is 16.3. The summed E-state index contributed by atoms with van der Waals surface area (Å²) in [6, 6.07) is 14.5. The van der Waals surface area contributed by atoms with Crippen LogP contribution in [0.15, 0.2) is 42.5 Å². The van der Waals surface area contributed by atoms with E-state index in [1.54, 1.807) is 14.2 Å². The number of methoxy groups -OCH3 is 2. The van der Waals surface area contributed by atoms with E-state index in [4.69, 9.17) is 9.47 Å². The van der Waals surface area contributed by atoms with Gasteiger partial charge >= 0.3 is 0 Å². The molecule has 0 aliphatic heterocycles. The molecule has 0 saturated carbocycles. The van der Waals surface area contributed by atoms with Crippen molar-refractivity contribution in [1.82, 2.24) is 20.2 Å². The Morgan fingerprint density at radius 1 is 0.963 bits per heavy atom. The van der Waals surface area contributed by atoms with Gasteiger partial charge in [-0.05, 0) is 52.9 Å². The van der Waals surface area contributed by atoms with Crippen LogP contribution in [0.25, 0.3) is 0 Å². The third-order valence-corrected chi connectivity index (χ3v) is 4.89. The minimum atomic E-state index is 0.0835. The van der Waals surface area contributed by atoms with E-state index in [9.17, 15) is 0 Å². The van der Waals surface area contributed by atoms with Crippen LogP contribution in [0.1, 0.15) is 42.4 Å². The average molecular weight is 366 g/mol. The average Bonchev–Trinajstić information content (AvgIpc) is 3.20. The molecule has 0 amide bonds. The predicted molar refractivity (Wildman–Crippen MR) is 104 cm³/mol. The lowest BCUT2D eigenvalue weighted by Gasteiger charge is -2.16. The summed E-state index contributed by atoms with van der Waals surface area (Å²) in [5.41, 5.74) is 3.49. The standard InChI is InChI=1S/C21H26N4O2/c1-5-16-13-18(20(27-4)14-19(16)26-3)11-12-21-22-23-24-25(21)15(2)17-9-7-6-8-10-17/h6-10,13-15H,5,11-12H2,1-4H3. The first-order chi connectivity index (χ1) is 13.2. The third kappa shape index (κ3) is 4.10. The molecular weight excluding hydrogens is 340 g/mol.